The molecule has 0 aliphatic rings. The normalized spacial score (nSPS) is 14.0. The quantitative estimate of drug-likeness (QED) is 0.595. The Bertz CT molecular complexity index is 527. The standard InChI is InChI=1S/C17H24FNO4/c1-16(2,3)23-15(22)17(18,10-7-11-20)14(21)19-12-13-8-5-4-6-9-13/h4-6,8-9,20H,7,10-12H2,1-3H3,(H,19,21). The van der Waals surface area contributed by atoms with Gasteiger partial charge in [0.2, 0.25) is 0 Å². The molecule has 1 amide bonds. The van der Waals surface area contributed by atoms with Crippen LogP contribution in [0, 0.1) is 0 Å². The van der Waals surface area contributed by atoms with Crippen LogP contribution in [0.1, 0.15) is 39.2 Å². The Balaban J connectivity index is 2.82. The van der Waals surface area contributed by atoms with Crippen molar-refractivity contribution < 1.29 is 23.8 Å². The van der Waals surface area contributed by atoms with Gasteiger partial charge in [-0.1, -0.05) is 30.3 Å². The van der Waals surface area contributed by atoms with Crippen LogP contribution < -0.4 is 5.32 Å². The van der Waals surface area contributed by atoms with Crippen LogP contribution in [0.15, 0.2) is 30.3 Å². The van der Waals surface area contributed by atoms with Gasteiger partial charge in [0, 0.05) is 19.6 Å². The Morgan fingerprint density at radius 2 is 1.83 bits per heavy atom. The molecule has 1 unspecified atom stereocenters. The van der Waals surface area contributed by atoms with E-state index in [0.717, 1.165) is 5.56 Å². The summed E-state index contributed by atoms with van der Waals surface area (Å²) in [5, 5.41) is 11.3. The zero-order valence-corrected chi connectivity index (χ0v) is 13.8. The number of carbonyl (C=O) groups is 2. The number of carbonyl (C=O) groups excluding carboxylic acids is 2. The molecule has 128 valence electrons. The summed E-state index contributed by atoms with van der Waals surface area (Å²) in [7, 11) is 0. The zero-order chi connectivity index (χ0) is 17.5. The summed E-state index contributed by atoms with van der Waals surface area (Å²) >= 11 is 0. The number of hydrogen-bond acceptors (Lipinski definition) is 4. The van der Waals surface area contributed by atoms with Crippen molar-refractivity contribution in [1.29, 1.82) is 0 Å². The van der Waals surface area contributed by atoms with Crippen LogP contribution in [-0.4, -0.2) is 34.9 Å². The molecule has 0 radical (unpaired) electrons. The monoisotopic (exact) mass is 325 g/mol. The minimum absolute atomic E-state index is 0.0193. The average molecular weight is 325 g/mol. The van der Waals surface area contributed by atoms with Gasteiger partial charge in [0.1, 0.15) is 5.60 Å². The predicted octanol–water partition coefficient (Wildman–Crippen LogP) is 2.13. The summed E-state index contributed by atoms with van der Waals surface area (Å²) in [6.07, 6.45) is -0.451. The molecule has 5 nitrogen and oxygen atoms in total. The van der Waals surface area contributed by atoms with Crippen molar-refractivity contribution in [2.24, 2.45) is 0 Å². The number of aliphatic hydroxyl groups is 1. The van der Waals surface area contributed by atoms with Crippen LogP contribution in [0.5, 0.6) is 0 Å². The fourth-order valence-corrected chi connectivity index (χ4v) is 1.91. The predicted molar refractivity (Wildman–Crippen MR) is 84.3 cm³/mol. The van der Waals surface area contributed by atoms with Gasteiger partial charge in [-0.3, -0.25) is 4.79 Å². The first-order valence-electron chi connectivity index (χ1n) is 7.54. The number of halogens is 1. The molecule has 0 bridgehead atoms. The average Bonchev–Trinajstić information content (AvgIpc) is 2.49. The lowest BCUT2D eigenvalue weighted by atomic mass is 9.98. The molecule has 1 rings (SSSR count). The van der Waals surface area contributed by atoms with E-state index in [9.17, 15) is 9.59 Å². The number of benzene rings is 1. The molecular formula is C17H24FNO4. The van der Waals surface area contributed by atoms with Gasteiger partial charge < -0.3 is 15.2 Å². The van der Waals surface area contributed by atoms with E-state index in [1.807, 2.05) is 6.07 Å². The van der Waals surface area contributed by atoms with Crippen molar-refractivity contribution >= 4 is 11.9 Å². The van der Waals surface area contributed by atoms with Crippen LogP contribution in [0.4, 0.5) is 4.39 Å². The van der Waals surface area contributed by atoms with Crippen LogP contribution in [-0.2, 0) is 20.9 Å². The molecule has 0 saturated carbocycles. The van der Waals surface area contributed by atoms with E-state index in [0.29, 0.717) is 0 Å². The summed E-state index contributed by atoms with van der Waals surface area (Å²) in [5.41, 5.74) is -2.94. The molecule has 6 heteroatoms. The molecule has 0 saturated heterocycles. The lowest BCUT2D eigenvalue weighted by Crippen LogP contribution is -2.51. The number of alkyl halides is 1. The van der Waals surface area contributed by atoms with Gasteiger partial charge in [0.15, 0.2) is 0 Å². The first kappa shape index (κ1) is 19.1. The number of ether oxygens (including phenoxy) is 1. The maximum atomic E-state index is 15.0. The van der Waals surface area contributed by atoms with Gasteiger partial charge in [-0.25, -0.2) is 9.18 Å². The third-order valence-electron chi connectivity index (χ3n) is 3.06. The molecule has 0 aliphatic carbocycles. The largest absolute Gasteiger partial charge is 0.457 e. The summed E-state index contributed by atoms with van der Waals surface area (Å²) in [6, 6.07) is 8.98. The smallest absolute Gasteiger partial charge is 0.354 e. The Kier molecular flexibility index (Phi) is 6.69. The fraction of sp³-hybridized carbons (Fsp3) is 0.529. The number of esters is 1. The van der Waals surface area contributed by atoms with Crippen LogP contribution in [0.2, 0.25) is 0 Å². The molecule has 1 aromatic rings. The molecule has 0 heterocycles. The molecule has 0 aromatic heterocycles. The molecule has 2 N–H and O–H groups in total. The SMILES string of the molecule is CC(C)(C)OC(=O)C(F)(CCCO)C(=O)NCc1ccccc1. The third-order valence-corrected chi connectivity index (χ3v) is 3.06. The van der Waals surface area contributed by atoms with Crippen molar-refractivity contribution in [3.8, 4) is 0 Å². The van der Waals surface area contributed by atoms with Gasteiger partial charge in [-0.15, -0.1) is 0 Å². The second-order valence-electron chi connectivity index (χ2n) is 6.30. The van der Waals surface area contributed by atoms with Gasteiger partial charge in [-0.05, 0) is 32.8 Å². The summed E-state index contributed by atoms with van der Waals surface area (Å²) < 4.78 is 20.0. The third kappa shape index (κ3) is 5.98. The number of aliphatic hydroxyl groups excluding tert-OH is 1. The van der Waals surface area contributed by atoms with Crippen molar-refractivity contribution in [1.82, 2.24) is 5.32 Å². The lowest BCUT2D eigenvalue weighted by Gasteiger charge is -2.27. The minimum Gasteiger partial charge on any atom is -0.457 e. The first-order valence-corrected chi connectivity index (χ1v) is 7.54. The second kappa shape index (κ2) is 8.06. The Morgan fingerprint density at radius 3 is 2.35 bits per heavy atom. The maximum Gasteiger partial charge on any atom is 0.354 e. The molecular weight excluding hydrogens is 301 g/mol. The van der Waals surface area contributed by atoms with E-state index in [-0.39, 0.29) is 19.6 Å². The molecule has 1 atom stereocenters. The Hall–Kier alpha value is -1.95. The minimum atomic E-state index is -2.81. The number of nitrogens with one attached hydrogen (secondary N) is 1. The van der Waals surface area contributed by atoms with Crippen molar-refractivity contribution in [3.05, 3.63) is 35.9 Å². The number of rotatable bonds is 7. The Labute approximate surface area is 135 Å². The highest BCUT2D eigenvalue weighted by molar-refractivity contribution is 6.06. The van der Waals surface area contributed by atoms with Crippen molar-refractivity contribution in [2.75, 3.05) is 6.61 Å². The molecule has 0 spiro atoms. The topological polar surface area (TPSA) is 75.6 Å². The number of hydrogen-bond donors (Lipinski definition) is 2. The molecule has 0 fully saturated rings. The van der Waals surface area contributed by atoms with E-state index in [4.69, 9.17) is 9.84 Å². The lowest BCUT2D eigenvalue weighted by molar-refractivity contribution is -0.174. The molecule has 23 heavy (non-hydrogen) atoms. The van der Waals surface area contributed by atoms with E-state index in [1.54, 1.807) is 45.0 Å². The summed E-state index contributed by atoms with van der Waals surface area (Å²) in [5.74, 6) is -2.28. The first-order chi connectivity index (χ1) is 10.7. The van der Waals surface area contributed by atoms with Crippen molar-refractivity contribution in [2.45, 2.75) is 51.4 Å². The van der Waals surface area contributed by atoms with Gasteiger partial charge in [0.25, 0.3) is 11.6 Å². The number of amides is 1. The van der Waals surface area contributed by atoms with Gasteiger partial charge >= 0.3 is 5.97 Å². The van der Waals surface area contributed by atoms with Gasteiger partial charge in [0.05, 0.1) is 0 Å². The van der Waals surface area contributed by atoms with Crippen LogP contribution in [0.3, 0.4) is 0 Å². The van der Waals surface area contributed by atoms with Crippen molar-refractivity contribution in [3.63, 3.8) is 0 Å². The van der Waals surface area contributed by atoms with E-state index >= 15 is 4.39 Å². The highest BCUT2D eigenvalue weighted by Crippen LogP contribution is 2.24. The Morgan fingerprint density at radius 1 is 1.22 bits per heavy atom. The van der Waals surface area contributed by atoms with E-state index in [1.165, 1.54) is 0 Å². The highest BCUT2D eigenvalue weighted by atomic mass is 19.1. The van der Waals surface area contributed by atoms with Crippen LogP contribution in [0.25, 0.3) is 0 Å². The van der Waals surface area contributed by atoms with Crippen LogP contribution >= 0.6 is 0 Å². The molecule has 0 aliphatic heterocycles. The van der Waals surface area contributed by atoms with E-state index in [2.05, 4.69) is 5.32 Å². The maximum absolute atomic E-state index is 15.0. The second-order valence-corrected chi connectivity index (χ2v) is 6.30. The van der Waals surface area contributed by atoms with E-state index < -0.39 is 29.6 Å². The summed E-state index contributed by atoms with van der Waals surface area (Å²) in [6.45, 7) is 4.57. The zero-order valence-electron chi connectivity index (χ0n) is 13.8. The fourth-order valence-electron chi connectivity index (χ4n) is 1.91. The van der Waals surface area contributed by atoms with Gasteiger partial charge in [-0.2, -0.15) is 0 Å². The highest BCUT2D eigenvalue weighted by Gasteiger charge is 2.48. The molecule has 1 aromatic carbocycles. The summed E-state index contributed by atoms with van der Waals surface area (Å²) in [4.78, 5) is 24.3.